The summed E-state index contributed by atoms with van der Waals surface area (Å²) in [5.74, 6) is -0.991. The first kappa shape index (κ1) is 14.8. The second-order valence-corrected chi connectivity index (χ2v) is 6.96. The molecule has 17 heavy (non-hydrogen) atoms. The van der Waals surface area contributed by atoms with Crippen LogP contribution in [0.15, 0.2) is 23.1 Å². The highest BCUT2D eigenvalue weighted by atomic mass is 127. The largest absolute Gasteiger partial charge is 0.310 e. The molecule has 1 aromatic carbocycles. The van der Waals surface area contributed by atoms with Gasteiger partial charge in [0.05, 0.1) is 0 Å². The van der Waals surface area contributed by atoms with E-state index in [0.717, 1.165) is 6.07 Å². The van der Waals surface area contributed by atoms with Crippen LogP contribution in [0.4, 0.5) is 19.4 Å². The zero-order valence-corrected chi connectivity index (χ0v) is 11.6. The number of carbonyl (C=O) groups is 1. The topological polar surface area (TPSA) is 29.1 Å². The van der Waals surface area contributed by atoms with Crippen molar-refractivity contribution in [3.8, 4) is 0 Å². The Hall–Kier alpha value is -0.230. The summed E-state index contributed by atoms with van der Waals surface area (Å²) in [6, 6.07) is 1.44. The average molecular weight is 405 g/mol. The second-order valence-electron chi connectivity index (χ2n) is 3.09. The fourth-order valence-electron chi connectivity index (χ4n) is 0.981. The van der Waals surface area contributed by atoms with Gasteiger partial charge in [0.15, 0.2) is 0 Å². The molecule has 0 unspecified atom stereocenters. The van der Waals surface area contributed by atoms with Crippen LogP contribution >= 0.6 is 45.6 Å². The smallest absolute Gasteiger partial charge is 0.299 e. The lowest BCUT2D eigenvalue weighted by molar-refractivity contribution is 0.0985. The Morgan fingerprint density at radius 3 is 2.12 bits per heavy atom. The molecule has 0 atom stereocenters. The Morgan fingerprint density at radius 1 is 1.18 bits per heavy atom. The van der Waals surface area contributed by atoms with Crippen molar-refractivity contribution < 1.29 is 24.2 Å². The number of hydrogen-bond acceptors (Lipinski definition) is 2. The number of thiol groups is 1. The van der Waals surface area contributed by atoms with Crippen LogP contribution in [-0.2, 0) is 0 Å². The van der Waals surface area contributed by atoms with E-state index >= 15 is 0 Å². The molecular weight excluding hydrogens is 400 g/mol. The van der Waals surface area contributed by atoms with Gasteiger partial charge in [-0.2, -0.15) is 0 Å². The standard InChI is InChI=1S/C7H5F5INOS2/c8-17(9,10,11,12)6-2-4(7(15)14-16)1-5(13)3-6/h1-3,16H,(H,14,15). The van der Waals surface area contributed by atoms with Gasteiger partial charge in [0.1, 0.15) is 4.90 Å². The highest BCUT2D eigenvalue weighted by molar-refractivity contribution is 14.1. The van der Waals surface area contributed by atoms with Gasteiger partial charge in [-0.15, -0.1) is 0 Å². The van der Waals surface area contributed by atoms with E-state index in [1.807, 2.05) is 0 Å². The lowest BCUT2D eigenvalue weighted by atomic mass is 10.2. The predicted molar refractivity (Wildman–Crippen MR) is 67.0 cm³/mol. The fraction of sp³-hybridized carbons (Fsp3) is 0. The molecule has 0 spiro atoms. The third-order valence-corrected chi connectivity index (χ3v) is 3.63. The average Bonchev–Trinajstić information content (AvgIpc) is 2.12. The number of carbonyl (C=O) groups excluding carboxylic acids is 1. The molecular formula is C7H5F5INOS2. The van der Waals surface area contributed by atoms with Gasteiger partial charge in [-0.25, -0.2) is 0 Å². The Kier molecular flexibility index (Phi) is 3.17. The van der Waals surface area contributed by atoms with Crippen LogP contribution in [0.1, 0.15) is 10.4 Å². The summed E-state index contributed by atoms with van der Waals surface area (Å²) in [4.78, 5) is 8.97. The molecule has 2 nitrogen and oxygen atoms in total. The van der Waals surface area contributed by atoms with E-state index < -0.39 is 26.6 Å². The lowest BCUT2D eigenvalue weighted by Gasteiger charge is -2.40. The molecule has 0 aliphatic rings. The van der Waals surface area contributed by atoms with Gasteiger partial charge >= 0.3 is 10.2 Å². The van der Waals surface area contributed by atoms with Gasteiger partial charge in [0, 0.05) is 9.13 Å². The van der Waals surface area contributed by atoms with Crippen LogP contribution in [0.5, 0.6) is 0 Å². The van der Waals surface area contributed by atoms with Crippen molar-refractivity contribution in [1.82, 2.24) is 4.72 Å². The van der Waals surface area contributed by atoms with E-state index in [2.05, 4.69) is 12.8 Å². The Morgan fingerprint density at radius 2 is 1.71 bits per heavy atom. The molecule has 1 rings (SSSR count). The van der Waals surface area contributed by atoms with Crippen LogP contribution in [0.2, 0.25) is 0 Å². The van der Waals surface area contributed by atoms with E-state index in [-0.39, 0.29) is 15.7 Å². The second kappa shape index (κ2) is 3.63. The predicted octanol–water partition coefficient (Wildman–Crippen LogP) is 4.52. The van der Waals surface area contributed by atoms with Crippen LogP contribution in [-0.4, -0.2) is 5.91 Å². The van der Waals surface area contributed by atoms with Crippen LogP contribution < -0.4 is 4.72 Å². The number of nitrogens with one attached hydrogen (secondary N) is 1. The first-order valence-electron chi connectivity index (χ1n) is 3.82. The summed E-state index contributed by atoms with van der Waals surface area (Å²) in [7, 11) is -9.77. The maximum atomic E-state index is 12.5. The molecule has 0 aliphatic carbocycles. The van der Waals surface area contributed by atoms with E-state index in [4.69, 9.17) is 0 Å². The van der Waals surface area contributed by atoms with Crippen molar-refractivity contribution in [3.05, 3.63) is 27.3 Å². The molecule has 0 aliphatic heterocycles. The highest BCUT2D eigenvalue weighted by Gasteiger charge is 2.65. The summed E-state index contributed by atoms with van der Waals surface area (Å²) in [6.45, 7) is 0. The molecule has 1 N–H and O–H groups in total. The van der Waals surface area contributed by atoms with Gasteiger partial charge in [-0.1, -0.05) is 32.2 Å². The molecule has 10 heteroatoms. The Bertz CT molecular complexity index is 488. The van der Waals surface area contributed by atoms with Crippen molar-refractivity contribution in [2.24, 2.45) is 0 Å². The third-order valence-electron chi connectivity index (χ3n) is 1.68. The molecule has 0 heterocycles. The normalized spacial score (nSPS) is 15.9. The van der Waals surface area contributed by atoms with E-state index in [1.165, 1.54) is 22.6 Å². The Labute approximate surface area is 112 Å². The maximum absolute atomic E-state index is 12.5. The van der Waals surface area contributed by atoms with Gasteiger partial charge < -0.3 is 0 Å². The van der Waals surface area contributed by atoms with Crippen molar-refractivity contribution in [1.29, 1.82) is 0 Å². The molecule has 1 amide bonds. The van der Waals surface area contributed by atoms with E-state index in [1.54, 1.807) is 4.72 Å². The monoisotopic (exact) mass is 405 g/mol. The van der Waals surface area contributed by atoms with Crippen LogP contribution in [0.25, 0.3) is 0 Å². The Balaban J connectivity index is 3.50. The van der Waals surface area contributed by atoms with Gasteiger partial charge in [-0.3, -0.25) is 9.52 Å². The number of halogens is 6. The van der Waals surface area contributed by atoms with E-state index in [0.29, 0.717) is 0 Å². The number of rotatable bonds is 2. The summed E-state index contributed by atoms with van der Waals surface area (Å²) < 4.78 is 64.2. The summed E-state index contributed by atoms with van der Waals surface area (Å²) in [5, 5.41) is 0. The van der Waals surface area contributed by atoms with Crippen molar-refractivity contribution in [2.45, 2.75) is 4.90 Å². The maximum Gasteiger partial charge on any atom is 0.310 e. The minimum atomic E-state index is -9.77. The van der Waals surface area contributed by atoms with Gasteiger partial charge in [0.2, 0.25) is 0 Å². The summed E-state index contributed by atoms with van der Waals surface area (Å²) in [5.41, 5.74) is -0.532. The minimum Gasteiger partial charge on any atom is -0.299 e. The van der Waals surface area contributed by atoms with Gasteiger partial charge in [-0.05, 0) is 40.8 Å². The fourth-order valence-corrected chi connectivity index (χ4v) is 2.69. The zero-order chi connectivity index (χ0) is 13.5. The minimum absolute atomic E-state index is 0.106. The molecule has 0 bridgehead atoms. The quantitative estimate of drug-likeness (QED) is 0.423. The van der Waals surface area contributed by atoms with Crippen molar-refractivity contribution >= 4 is 51.5 Å². The number of benzene rings is 1. The van der Waals surface area contributed by atoms with Crippen LogP contribution in [0.3, 0.4) is 0 Å². The molecule has 0 saturated heterocycles. The highest BCUT2D eigenvalue weighted by Crippen LogP contribution is 3.02. The third kappa shape index (κ3) is 3.88. The molecule has 0 aromatic heterocycles. The summed E-state index contributed by atoms with van der Waals surface area (Å²) >= 11 is 4.76. The van der Waals surface area contributed by atoms with E-state index in [9.17, 15) is 24.2 Å². The molecule has 1 aromatic rings. The molecule has 0 fully saturated rings. The van der Waals surface area contributed by atoms with Gasteiger partial charge in [0.25, 0.3) is 5.91 Å². The molecule has 0 radical (unpaired) electrons. The summed E-state index contributed by atoms with van der Waals surface area (Å²) in [6.07, 6.45) is 0. The van der Waals surface area contributed by atoms with Crippen LogP contribution in [0, 0.1) is 3.57 Å². The molecule has 0 saturated carbocycles. The number of hydrogen-bond donors (Lipinski definition) is 2. The zero-order valence-electron chi connectivity index (χ0n) is 7.76. The molecule has 98 valence electrons. The number of amides is 1. The first-order chi connectivity index (χ1) is 7.33. The lowest BCUT2D eigenvalue weighted by Crippen LogP contribution is -2.15. The van der Waals surface area contributed by atoms with Crippen molar-refractivity contribution in [2.75, 3.05) is 0 Å². The first-order valence-corrected chi connectivity index (χ1v) is 7.30. The van der Waals surface area contributed by atoms with Crippen molar-refractivity contribution in [3.63, 3.8) is 0 Å². The SMILES string of the molecule is O=C(NS)c1cc(I)cc(S(F)(F)(F)(F)F)c1.